The Bertz CT molecular complexity index is 4080. The number of anilines is 8. The highest BCUT2D eigenvalue weighted by molar-refractivity contribution is 6.17. The Hall–Kier alpha value is -11.7. The molecule has 0 unspecified atom stereocenters. The second kappa shape index (κ2) is 20.9. The molecule has 82 heavy (non-hydrogen) atoms. The lowest BCUT2D eigenvalue weighted by Gasteiger charge is -2.23. The van der Waals surface area contributed by atoms with Crippen LogP contribution in [0.2, 0.25) is 0 Å². The fraction of sp³-hybridized carbons (Fsp3) is 0.0667. The lowest BCUT2D eigenvalue weighted by molar-refractivity contribution is 0.337. The summed E-state index contributed by atoms with van der Waals surface area (Å²) in [5, 5.41) is 3.64. The van der Waals surface area contributed by atoms with Crippen molar-refractivity contribution in [3.8, 4) is 113 Å². The average molecular weight is 1080 g/mol. The van der Waals surface area contributed by atoms with Crippen LogP contribution in [-0.2, 0) is 0 Å². The number of rotatable bonds is 13. The zero-order valence-corrected chi connectivity index (χ0v) is 44.1. The number of fused-ring (bicyclic) bond motifs is 2. The Labute approximate surface area is 467 Å². The molecule has 0 amide bonds. The van der Waals surface area contributed by atoms with Crippen molar-refractivity contribution in [2.45, 2.75) is 13.8 Å². The van der Waals surface area contributed by atoms with Crippen LogP contribution in [0.4, 0.5) is 47.6 Å². The van der Waals surface area contributed by atoms with E-state index in [0.717, 1.165) is 88.3 Å². The molecule has 12 aromatic rings. The van der Waals surface area contributed by atoms with E-state index >= 15 is 0 Å². The van der Waals surface area contributed by atoms with E-state index in [4.69, 9.17) is 55.3 Å². The van der Waals surface area contributed by atoms with Crippen LogP contribution in [0, 0.1) is 0 Å². The highest BCUT2D eigenvalue weighted by Gasteiger charge is 2.25. The van der Waals surface area contributed by atoms with E-state index < -0.39 is 0 Å². The van der Waals surface area contributed by atoms with Crippen molar-refractivity contribution < 1.29 is 9.47 Å². The molecule has 22 heteroatoms. The molecule has 0 radical (unpaired) electrons. The molecule has 0 aliphatic heterocycles. The summed E-state index contributed by atoms with van der Waals surface area (Å²) in [6, 6.07) is 48.5. The molecule has 8 aromatic carbocycles. The van der Waals surface area contributed by atoms with Crippen molar-refractivity contribution in [1.29, 1.82) is 0 Å². The lowest BCUT2D eigenvalue weighted by Crippen LogP contribution is -2.04. The third-order valence-corrected chi connectivity index (χ3v) is 13.6. The van der Waals surface area contributed by atoms with Gasteiger partial charge >= 0.3 is 0 Å². The van der Waals surface area contributed by atoms with Gasteiger partial charge in [0.05, 0.1) is 13.2 Å². The van der Waals surface area contributed by atoms with Gasteiger partial charge in [0.1, 0.15) is 11.5 Å². The van der Waals surface area contributed by atoms with E-state index in [1.54, 1.807) is 0 Å². The summed E-state index contributed by atoms with van der Waals surface area (Å²) in [4.78, 5) is 50.4. The van der Waals surface area contributed by atoms with Crippen molar-refractivity contribution in [3.05, 3.63) is 146 Å². The maximum Gasteiger partial charge on any atom is 0.225 e. The molecule has 0 fully saturated rings. The normalized spacial score (nSPS) is 11.3. The molecule has 0 saturated heterocycles. The summed E-state index contributed by atoms with van der Waals surface area (Å²) < 4.78 is 13.6. The summed E-state index contributed by atoms with van der Waals surface area (Å²) in [7, 11) is 0. The van der Waals surface area contributed by atoms with Crippen LogP contribution in [0.25, 0.3) is 123 Å². The van der Waals surface area contributed by atoms with E-state index in [2.05, 4.69) is 108 Å². The fourth-order valence-electron chi connectivity index (χ4n) is 10.1. The van der Waals surface area contributed by atoms with Crippen LogP contribution < -0.4 is 55.3 Å². The lowest BCUT2D eigenvalue weighted by atomic mass is 9.84. The predicted octanol–water partition coefficient (Wildman–Crippen LogP) is 9.19. The molecule has 16 N–H and O–H groups in total. The molecule has 4 aromatic heterocycles. The molecule has 402 valence electrons. The molecular weight excluding hydrogens is 1030 g/mol. The number of nitrogens with two attached hydrogens (primary N) is 8. The van der Waals surface area contributed by atoms with E-state index in [1.165, 1.54) is 0 Å². The van der Waals surface area contributed by atoms with Crippen LogP contribution in [-0.4, -0.2) is 73.0 Å². The highest BCUT2D eigenvalue weighted by atomic mass is 16.5. The summed E-state index contributed by atoms with van der Waals surface area (Å²) in [6.45, 7) is 4.65. The van der Waals surface area contributed by atoms with Crippen molar-refractivity contribution in [1.82, 2.24) is 59.8 Å². The van der Waals surface area contributed by atoms with Crippen molar-refractivity contribution in [3.63, 3.8) is 0 Å². The summed E-state index contributed by atoms with van der Waals surface area (Å²) in [5.41, 5.74) is 59.6. The van der Waals surface area contributed by atoms with E-state index in [9.17, 15) is 0 Å². The molecule has 0 spiro atoms. The second-order valence-corrected chi connectivity index (χ2v) is 18.8. The monoisotopic (exact) mass is 1080 g/mol. The highest BCUT2D eigenvalue weighted by Crippen LogP contribution is 2.52. The zero-order valence-electron chi connectivity index (χ0n) is 44.1. The summed E-state index contributed by atoms with van der Waals surface area (Å²) in [5.74, 6) is 2.93. The first-order chi connectivity index (χ1) is 39.7. The van der Waals surface area contributed by atoms with E-state index in [0.29, 0.717) is 59.1 Å². The fourth-order valence-corrected chi connectivity index (χ4v) is 10.1. The molecule has 0 bridgehead atoms. The van der Waals surface area contributed by atoms with Gasteiger partial charge in [-0.2, -0.15) is 59.8 Å². The Balaban J connectivity index is 1.08. The van der Waals surface area contributed by atoms with Crippen LogP contribution in [0.3, 0.4) is 0 Å². The van der Waals surface area contributed by atoms with Crippen molar-refractivity contribution >= 4 is 69.1 Å². The van der Waals surface area contributed by atoms with Gasteiger partial charge in [-0.05, 0) is 104 Å². The number of nitrogen functional groups attached to an aromatic ring is 8. The van der Waals surface area contributed by atoms with Crippen molar-refractivity contribution in [2.24, 2.45) is 0 Å². The smallest absolute Gasteiger partial charge is 0.225 e. The van der Waals surface area contributed by atoms with Gasteiger partial charge in [0.2, 0.25) is 47.6 Å². The maximum atomic E-state index is 6.78. The molecule has 22 nitrogen and oxygen atoms in total. The van der Waals surface area contributed by atoms with Gasteiger partial charge < -0.3 is 55.3 Å². The minimum atomic E-state index is 0.0228. The molecule has 0 saturated carbocycles. The number of benzene rings is 8. The second-order valence-electron chi connectivity index (χ2n) is 18.8. The summed E-state index contributed by atoms with van der Waals surface area (Å²) in [6.07, 6.45) is 0. The largest absolute Gasteiger partial charge is 0.493 e. The maximum absolute atomic E-state index is 6.78. The standard InChI is InChI=1S/C60H50N20O2/c1-3-81-45-27-41(31-9-17-35(18-10-31)51-73-57(65)79-58(66)74-51)43-25-37(29-5-13-33(14-6-29)49-69-53(61)77-54(62)70-49)21-23-39(43)47(45)48-40-24-22-38(30-7-15-34(16-8-30)50-71-55(63)78-56(64)72-50)26-44(40)42(28-46(48)82-4-2)32-11-19-36(20-12-32)52-75-59(67)80-60(68)76-52/h5-28H,3-4H2,1-2H3,(H4,61,62,69,70,77)(H4,63,64,71,72,78)(H4,65,66,73,74,79)(H4,67,68,75,76,80). The van der Waals surface area contributed by atoms with Gasteiger partial charge in [-0.1, -0.05) is 121 Å². The van der Waals surface area contributed by atoms with Gasteiger partial charge in [0.15, 0.2) is 23.3 Å². The summed E-state index contributed by atoms with van der Waals surface area (Å²) >= 11 is 0. The van der Waals surface area contributed by atoms with Gasteiger partial charge in [-0.25, -0.2) is 0 Å². The SMILES string of the molecule is CCOc1cc(-c2ccc(-c3nc(N)nc(N)n3)cc2)c2cc(-c3ccc(-c4nc(N)nc(N)n4)cc3)ccc2c1-c1c(OCC)cc(-c2ccc(-c3nc(N)nc(N)n3)cc2)c2cc(-c3ccc(-c4nc(N)nc(N)n4)cc3)ccc12. The number of ether oxygens (including phenoxy) is 2. The molecule has 4 heterocycles. The Morgan fingerprint density at radius 2 is 0.488 bits per heavy atom. The minimum Gasteiger partial charge on any atom is -0.493 e. The quantitative estimate of drug-likeness (QED) is 0.0533. The number of nitrogens with zero attached hydrogens (tertiary/aromatic N) is 12. The zero-order chi connectivity index (χ0) is 56.8. The Morgan fingerprint density at radius 3 is 0.744 bits per heavy atom. The number of hydrogen-bond acceptors (Lipinski definition) is 22. The van der Waals surface area contributed by atoms with Crippen LogP contribution in [0.1, 0.15) is 13.8 Å². The van der Waals surface area contributed by atoms with Crippen molar-refractivity contribution in [2.75, 3.05) is 59.1 Å². The molecule has 0 aliphatic carbocycles. The Morgan fingerprint density at radius 1 is 0.256 bits per heavy atom. The Kier molecular flexibility index (Phi) is 13.0. The molecule has 0 aliphatic rings. The predicted molar refractivity (Wildman–Crippen MR) is 322 cm³/mol. The third kappa shape index (κ3) is 9.96. The number of aromatic nitrogens is 12. The van der Waals surface area contributed by atoms with E-state index in [1.807, 2.05) is 111 Å². The van der Waals surface area contributed by atoms with Gasteiger partial charge in [0, 0.05) is 33.4 Å². The van der Waals surface area contributed by atoms with Gasteiger partial charge in [-0.3, -0.25) is 0 Å². The van der Waals surface area contributed by atoms with Crippen LogP contribution >= 0.6 is 0 Å². The minimum absolute atomic E-state index is 0.0228. The first-order valence-corrected chi connectivity index (χ1v) is 25.7. The van der Waals surface area contributed by atoms with E-state index in [-0.39, 0.29) is 47.6 Å². The van der Waals surface area contributed by atoms with Crippen LogP contribution in [0.15, 0.2) is 146 Å². The number of hydrogen-bond donors (Lipinski definition) is 8. The average Bonchev–Trinajstić information content (AvgIpc) is 2.42. The first-order valence-electron chi connectivity index (χ1n) is 25.7. The van der Waals surface area contributed by atoms with Crippen LogP contribution in [0.5, 0.6) is 11.5 Å². The topological polar surface area (TPSA) is 381 Å². The first kappa shape index (κ1) is 51.1. The van der Waals surface area contributed by atoms with Gasteiger partial charge in [-0.15, -0.1) is 0 Å². The molecule has 0 atom stereocenters. The third-order valence-electron chi connectivity index (χ3n) is 13.6. The molecular formula is C60H50N20O2. The van der Waals surface area contributed by atoms with Gasteiger partial charge in [0.25, 0.3) is 0 Å². The molecule has 12 rings (SSSR count).